The molecule has 0 amide bonds. The quantitative estimate of drug-likeness (QED) is 0.493. The predicted octanol–water partition coefficient (Wildman–Crippen LogP) is 1.83. The van der Waals surface area contributed by atoms with Crippen LogP contribution < -0.4 is 11.1 Å². The molecule has 1 aromatic carbocycles. The minimum atomic E-state index is -0.451. The van der Waals surface area contributed by atoms with E-state index in [2.05, 4.69) is 10.2 Å². The molecule has 3 N–H and O–H groups in total. The van der Waals surface area contributed by atoms with Gasteiger partial charge in [-0.1, -0.05) is 0 Å². The molecule has 2 fully saturated rings. The van der Waals surface area contributed by atoms with E-state index in [4.69, 9.17) is 5.73 Å². The fourth-order valence-electron chi connectivity index (χ4n) is 3.28. The highest BCUT2D eigenvalue weighted by Crippen LogP contribution is 2.31. The Hall–Kier alpha value is -1.82. The van der Waals surface area contributed by atoms with Crippen LogP contribution in [-0.4, -0.2) is 35.0 Å². The maximum atomic E-state index is 10.7. The number of fused-ring (bicyclic) bond motifs is 1. The van der Waals surface area contributed by atoms with E-state index >= 15 is 0 Å². The number of rotatable bonds is 3. The molecule has 2 aliphatic heterocycles. The molecule has 0 aliphatic carbocycles. The number of hydrogen-bond acceptors (Lipinski definition) is 5. The second kappa shape index (κ2) is 4.70. The summed E-state index contributed by atoms with van der Waals surface area (Å²) >= 11 is 0. The monoisotopic (exact) mass is 262 g/mol. The lowest BCUT2D eigenvalue weighted by Crippen LogP contribution is -2.33. The van der Waals surface area contributed by atoms with Gasteiger partial charge < -0.3 is 11.1 Å². The Labute approximate surface area is 111 Å². The van der Waals surface area contributed by atoms with Crippen LogP contribution >= 0.6 is 0 Å². The summed E-state index contributed by atoms with van der Waals surface area (Å²) in [5.41, 5.74) is 6.78. The zero-order valence-corrected chi connectivity index (χ0v) is 10.7. The molecule has 0 bridgehead atoms. The first kappa shape index (κ1) is 12.2. The first-order valence-corrected chi connectivity index (χ1v) is 6.69. The fourth-order valence-corrected chi connectivity index (χ4v) is 3.28. The van der Waals surface area contributed by atoms with E-state index in [-0.39, 0.29) is 11.4 Å². The lowest BCUT2D eigenvalue weighted by atomic mass is 10.1. The molecule has 2 saturated heterocycles. The lowest BCUT2D eigenvalue weighted by Gasteiger charge is -2.22. The van der Waals surface area contributed by atoms with E-state index in [1.54, 1.807) is 12.1 Å². The van der Waals surface area contributed by atoms with Crippen LogP contribution in [-0.2, 0) is 0 Å². The number of anilines is 2. The van der Waals surface area contributed by atoms with Gasteiger partial charge in [0.15, 0.2) is 0 Å². The summed E-state index contributed by atoms with van der Waals surface area (Å²) in [7, 11) is 0. The molecule has 0 saturated carbocycles. The summed E-state index contributed by atoms with van der Waals surface area (Å²) in [4.78, 5) is 12.8. The summed E-state index contributed by atoms with van der Waals surface area (Å²) in [5.74, 6) is 0. The Bertz CT molecular complexity index is 505. The number of nitrogens with two attached hydrogens (primary N) is 1. The molecule has 2 heterocycles. The first-order valence-electron chi connectivity index (χ1n) is 6.69. The van der Waals surface area contributed by atoms with Crippen LogP contribution in [0.5, 0.6) is 0 Å². The molecule has 1 aromatic rings. The zero-order valence-electron chi connectivity index (χ0n) is 10.7. The van der Waals surface area contributed by atoms with Crippen molar-refractivity contribution in [2.45, 2.75) is 31.3 Å². The maximum absolute atomic E-state index is 10.7. The van der Waals surface area contributed by atoms with Gasteiger partial charge in [0.1, 0.15) is 5.69 Å². The van der Waals surface area contributed by atoms with Crippen molar-refractivity contribution in [2.75, 3.05) is 24.1 Å². The third-order valence-electron chi connectivity index (χ3n) is 4.18. The summed E-state index contributed by atoms with van der Waals surface area (Å²) in [5, 5.41) is 14.2. The number of nitrogens with one attached hydrogen (secondary N) is 1. The molecule has 3 rings (SSSR count). The number of nitro benzene ring substituents is 1. The van der Waals surface area contributed by atoms with Crippen LogP contribution in [0.3, 0.4) is 0 Å². The number of hydrogen-bond donors (Lipinski definition) is 2. The van der Waals surface area contributed by atoms with Crippen molar-refractivity contribution < 1.29 is 4.92 Å². The van der Waals surface area contributed by atoms with Gasteiger partial charge in [0.05, 0.1) is 4.92 Å². The SMILES string of the molecule is Nc1cc(NC2CCN3CCCC23)ccc1[N+](=O)[O-]. The Balaban J connectivity index is 1.73. The topological polar surface area (TPSA) is 84.4 Å². The number of nitrogens with zero attached hydrogens (tertiary/aromatic N) is 2. The molecule has 2 aliphatic rings. The van der Waals surface area contributed by atoms with Crippen molar-refractivity contribution >= 4 is 17.1 Å². The van der Waals surface area contributed by atoms with Crippen molar-refractivity contribution in [3.63, 3.8) is 0 Å². The molecule has 0 spiro atoms. The Morgan fingerprint density at radius 1 is 1.37 bits per heavy atom. The fraction of sp³-hybridized carbons (Fsp3) is 0.538. The maximum Gasteiger partial charge on any atom is 0.292 e. The first-order chi connectivity index (χ1) is 9.15. The Morgan fingerprint density at radius 2 is 2.21 bits per heavy atom. The van der Waals surface area contributed by atoms with Crippen LogP contribution in [0.2, 0.25) is 0 Å². The number of benzene rings is 1. The van der Waals surface area contributed by atoms with Gasteiger partial charge in [-0.2, -0.15) is 0 Å². The van der Waals surface area contributed by atoms with E-state index in [0.29, 0.717) is 12.1 Å². The second-order valence-corrected chi connectivity index (χ2v) is 5.32. The number of nitro groups is 1. The van der Waals surface area contributed by atoms with Gasteiger partial charge in [-0.15, -0.1) is 0 Å². The van der Waals surface area contributed by atoms with E-state index in [9.17, 15) is 10.1 Å². The van der Waals surface area contributed by atoms with Gasteiger partial charge in [-0.05, 0) is 37.9 Å². The summed E-state index contributed by atoms with van der Waals surface area (Å²) in [6.07, 6.45) is 3.63. The smallest absolute Gasteiger partial charge is 0.292 e. The van der Waals surface area contributed by atoms with Crippen molar-refractivity contribution in [1.82, 2.24) is 4.90 Å². The van der Waals surface area contributed by atoms with Gasteiger partial charge in [0.25, 0.3) is 5.69 Å². The molecule has 0 radical (unpaired) electrons. The van der Waals surface area contributed by atoms with Crippen LogP contribution in [0, 0.1) is 10.1 Å². The van der Waals surface area contributed by atoms with Crippen LogP contribution in [0.4, 0.5) is 17.1 Å². The van der Waals surface area contributed by atoms with Gasteiger partial charge in [0.2, 0.25) is 0 Å². The molecular formula is C13H18N4O2. The number of nitrogen functional groups attached to an aromatic ring is 1. The standard InChI is InChI=1S/C13H18N4O2/c14-10-8-9(3-4-12(10)17(18)19)15-11-5-7-16-6-1-2-13(11)16/h3-4,8,11,13,15H,1-2,5-7,14H2. The zero-order chi connectivity index (χ0) is 13.4. The minimum absolute atomic E-state index is 0.0283. The van der Waals surface area contributed by atoms with Gasteiger partial charge in [-0.25, -0.2) is 0 Å². The highest BCUT2D eigenvalue weighted by atomic mass is 16.6. The second-order valence-electron chi connectivity index (χ2n) is 5.32. The third-order valence-corrected chi connectivity index (χ3v) is 4.18. The Morgan fingerprint density at radius 3 is 2.95 bits per heavy atom. The highest BCUT2D eigenvalue weighted by Gasteiger charge is 2.37. The minimum Gasteiger partial charge on any atom is -0.393 e. The van der Waals surface area contributed by atoms with Crippen molar-refractivity contribution in [1.29, 1.82) is 0 Å². The van der Waals surface area contributed by atoms with E-state index < -0.39 is 4.92 Å². The molecule has 2 unspecified atom stereocenters. The summed E-state index contributed by atoms with van der Waals surface area (Å²) < 4.78 is 0. The molecule has 2 atom stereocenters. The van der Waals surface area contributed by atoms with Gasteiger partial charge in [0, 0.05) is 30.4 Å². The molecular weight excluding hydrogens is 244 g/mol. The van der Waals surface area contributed by atoms with Crippen molar-refractivity contribution in [3.8, 4) is 0 Å². The summed E-state index contributed by atoms with van der Waals surface area (Å²) in [6.45, 7) is 2.34. The molecule has 0 aromatic heterocycles. The Kier molecular flexibility index (Phi) is 3.02. The van der Waals surface area contributed by atoms with Crippen LogP contribution in [0.25, 0.3) is 0 Å². The lowest BCUT2D eigenvalue weighted by molar-refractivity contribution is -0.383. The van der Waals surface area contributed by atoms with E-state index in [0.717, 1.165) is 18.7 Å². The normalized spacial score (nSPS) is 26.3. The third kappa shape index (κ3) is 2.23. The average Bonchev–Trinajstić information content (AvgIpc) is 2.94. The predicted molar refractivity (Wildman–Crippen MR) is 74.1 cm³/mol. The van der Waals surface area contributed by atoms with Crippen molar-refractivity contribution in [2.24, 2.45) is 0 Å². The van der Waals surface area contributed by atoms with Gasteiger partial charge >= 0.3 is 0 Å². The van der Waals surface area contributed by atoms with Crippen molar-refractivity contribution in [3.05, 3.63) is 28.3 Å². The average molecular weight is 262 g/mol. The summed E-state index contributed by atoms with van der Waals surface area (Å²) in [6, 6.07) is 5.92. The molecule has 6 heteroatoms. The van der Waals surface area contributed by atoms with E-state index in [1.165, 1.54) is 25.5 Å². The van der Waals surface area contributed by atoms with E-state index in [1.807, 2.05) is 0 Å². The van der Waals surface area contributed by atoms with Crippen LogP contribution in [0.15, 0.2) is 18.2 Å². The largest absolute Gasteiger partial charge is 0.393 e. The highest BCUT2D eigenvalue weighted by molar-refractivity contribution is 5.66. The molecule has 102 valence electrons. The van der Waals surface area contributed by atoms with Gasteiger partial charge in [-0.3, -0.25) is 15.0 Å². The molecule has 6 nitrogen and oxygen atoms in total. The molecule has 19 heavy (non-hydrogen) atoms. The van der Waals surface area contributed by atoms with Crippen LogP contribution in [0.1, 0.15) is 19.3 Å².